The van der Waals surface area contributed by atoms with E-state index in [-0.39, 0.29) is 30.0 Å². The van der Waals surface area contributed by atoms with E-state index in [0.29, 0.717) is 25.2 Å². The molecule has 2 heterocycles. The van der Waals surface area contributed by atoms with Crippen molar-refractivity contribution in [1.82, 2.24) is 15.1 Å². The third kappa shape index (κ3) is 5.97. The highest BCUT2D eigenvalue weighted by molar-refractivity contribution is 5.94. The Bertz CT molecular complexity index is 777. The molecule has 2 aliphatic rings. The molecule has 3 rings (SSSR count). The lowest BCUT2D eigenvalue weighted by Gasteiger charge is -2.35. The van der Waals surface area contributed by atoms with Crippen molar-refractivity contribution in [3.63, 3.8) is 0 Å². The molecule has 31 heavy (non-hydrogen) atoms. The summed E-state index contributed by atoms with van der Waals surface area (Å²) in [4.78, 5) is 32.9. The number of likely N-dealkylation sites (tertiary alicyclic amines) is 1. The van der Waals surface area contributed by atoms with Crippen molar-refractivity contribution in [2.75, 3.05) is 40.3 Å². The lowest BCUT2D eigenvalue weighted by atomic mass is 9.97. The molecule has 2 aliphatic heterocycles. The maximum atomic E-state index is 12.8. The molecule has 0 bridgehead atoms. The first kappa shape index (κ1) is 23.1. The number of carbonyl (C=O) groups excluding carboxylic acids is 2. The highest BCUT2D eigenvalue weighted by atomic mass is 16.5. The molecule has 2 saturated heterocycles. The highest BCUT2D eigenvalue weighted by Crippen LogP contribution is 2.19. The molecule has 0 spiro atoms. The summed E-state index contributed by atoms with van der Waals surface area (Å²) in [5.41, 5.74) is 1.77. The summed E-state index contributed by atoms with van der Waals surface area (Å²) < 4.78 is 10.6. The van der Waals surface area contributed by atoms with Crippen molar-refractivity contribution >= 4 is 17.8 Å². The monoisotopic (exact) mass is 430 g/mol. The number of rotatable bonds is 4. The van der Waals surface area contributed by atoms with Crippen molar-refractivity contribution < 1.29 is 19.1 Å². The summed E-state index contributed by atoms with van der Waals surface area (Å²) in [7, 11) is 3.21. The van der Waals surface area contributed by atoms with Gasteiger partial charge in [0.1, 0.15) is 0 Å². The van der Waals surface area contributed by atoms with Gasteiger partial charge in [-0.1, -0.05) is 12.1 Å². The maximum absolute atomic E-state index is 12.8. The molecule has 2 atom stereocenters. The molecule has 170 valence electrons. The number of benzene rings is 1. The second-order valence-corrected chi connectivity index (χ2v) is 8.35. The third-order valence-corrected chi connectivity index (χ3v) is 5.90. The Hall–Kier alpha value is -2.61. The zero-order valence-electron chi connectivity index (χ0n) is 19.0. The molecule has 8 nitrogen and oxygen atoms in total. The van der Waals surface area contributed by atoms with Crippen LogP contribution >= 0.6 is 0 Å². The van der Waals surface area contributed by atoms with E-state index in [1.165, 1.54) is 7.11 Å². The van der Waals surface area contributed by atoms with Crippen molar-refractivity contribution in [1.29, 1.82) is 0 Å². The molecule has 2 unspecified atom stereocenters. The molecule has 0 aliphatic carbocycles. The molecule has 1 aromatic rings. The van der Waals surface area contributed by atoms with Gasteiger partial charge in [0.15, 0.2) is 5.96 Å². The predicted molar refractivity (Wildman–Crippen MR) is 119 cm³/mol. The van der Waals surface area contributed by atoms with E-state index in [0.717, 1.165) is 37.5 Å². The van der Waals surface area contributed by atoms with E-state index in [1.807, 2.05) is 43.0 Å². The van der Waals surface area contributed by atoms with E-state index in [2.05, 4.69) is 15.2 Å². The Kier molecular flexibility index (Phi) is 7.90. The number of ether oxygens (including phenoxy) is 2. The second-order valence-electron chi connectivity index (χ2n) is 8.35. The Balaban J connectivity index is 1.51. The standard InChI is InChI=1S/C23H34N4O4/c1-16-14-27(15-17(2)31-16)21(28)19-7-5-18(6-8-19)13-25-23(24-3)26-11-9-20(10-12-26)22(29)30-4/h5-8,16-17,20H,9-15H2,1-4H3,(H,24,25). The minimum Gasteiger partial charge on any atom is -0.469 e. The first-order valence-electron chi connectivity index (χ1n) is 11.0. The SMILES string of the molecule is CN=C(NCc1ccc(C(=O)N2CC(C)OC(C)C2)cc1)N1CCC(C(=O)OC)CC1. The molecule has 1 aromatic carbocycles. The van der Waals surface area contributed by atoms with Gasteiger partial charge >= 0.3 is 5.97 Å². The normalized spacial score (nSPS) is 22.9. The van der Waals surface area contributed by atoms with Crippen LogP contribution in [-0.2, 0) is 20.8 Å². The van der Waals surface area contributed by atoms with Gasteiger partial charge in [0.25, 0.3) is 5.91 Å². The zero-order valence-corrected chi connectivity index (χ0v) is 19.0. The quantitative estimate of drug-likeness (QED) is 0.446. The molecule has 0 radical (unpaired) electrons. The van der Waals surface area contributed by atoms with E-state index in [1.54, 1.807) is 7.05 Å². The lowest BCUT2D eigenvalue weighted by molar-refractivity contribution is -0.146. The summed E-state index contributed by atoms with van der Waals surface area (Å²) in [6.45, 7) is 7.38. The molecular formula is C23H34N4O4. The van der Waals surface area contributed by atoms with E-state index in [4.69, 9.17) is 9.47 Å². The number of nitrogens with one attached hydrogen (secondary N) is 1. The zero-order chi connectivity index (χ0) is 22.4. The van der Waals surface area contributed by atoms with Crippen molar-refractivity contribution in [3.05, 3.63) is 35.4 Å². The maximum Gasteiger partial charge on any atom is 0.308 e. The Morgan fingerprint density at radius 2 is 1.71 bits per heavy atom. The van der Waals surface area contributed by atoms with Crippen LogP contribution < -0.4 is 5.32 Å². The van der Waals surface area contributed by atoms with Crippen LogP contribution in [0.3, 0.4) is 0 Å². The highest BCUT2D eigenvalue weighted by Gasteiger charge is 2.28. The van der Waals surface area contributed by atoms with Gasteiger partial charge in [-0.3, -0.25) is 14.6 Å². The van der Waals surface area contributed by atoms with Crippen molar-refractivity contribution in [2.45, 2.75) is 45.4 Å². The van der Waals surface area contributed by atoms with Crippen molar-refractivity contribution in [2.24, 2.45) is 10.9 Å². The summed E-state index contributed by atoms with van der Waals surface area (Å²) in [6, 6.07) is 7.72. The number of carbonyl (C=O) groups is 2. The molecular weight excluding hydrogens is 396 g/mol. The smallest absolute Gasteiger partial charge is 0.308 e. The number of hydrogen-bond donors (Lipinski definition) is 1. The fraction of sp³-hybridized carbons (Fsp3) is 0.609. The van der Waals surface area contributed by atoms with Crippen LogP contribution in [0.5, 0.6) is 0 Å². The number of esters is 1. The first-order chi connectivity index (χ1) is 14.9. The van der Waals surface area contributed by atoms with Crippen molar-refractivity contribution in [3.8, 4) is 0 Å². The Morgan fingerprint density at radius 3 is 2.26 bits per heavy atom. The lowest BCUT2D eigenvalue weighted by Crippen LogP contribution is -2.48. The summed E-state index contributed by atoms with van der Waals surface area (Å²) in [5, 5.41) is 3.39. The van der Waals surface area contributed by atoms with Gasteiger partial charge in [0, 0.05) is 45.3 Å². The van der Waals surface area contributed by atoms with E-state index in [9.17, 15) is 9.59 Å². The van der Waals surface area contributed by atoms with Crippen LogP contribution in [0.1, 0.15) is 42.6 Å². The van der Waals surface area contributed by atoms with Gasteiger partial charge in [-0.05, 0) is 44.4 Å². The van der Waals surface area contributed by atoms with Crippen LogP contribution in [0.2, 0.25) is 0 Å². The number of guanidine groups is 1. The Labute approximate surface area is 184 Å². The summed E-state index contributed by atoms with van der Waals surface area (Å²) in [5.74, 6) is 0.714. The fourth-order valence-corrected chi connectivity index (χ4v) is 4.30. The van der Waals surface area contributed by atoms with Gasteiger partial charge in [0.05, 0.1) is 25.2 Å². The predicted octanol–water partition coefficient (Wildman–Crippen LogP) is 1.90. The topological polar surface area (TPSA) is 83.5 Å². The summed E-state index contributed by atoms with van der Waals surface area (Å²) >= 11 is 0. The Morgan fingerprint density at radius 1 is 1.10 bits per heavy atom. The number of aliphatic imine (C=N–C) groups is 1. The number of methoxy groups -OCH3 is 1. The van der Waals surface area contributed by atoms with Crippen LogP contribution in [0, 0.1) is 5.92 Å². The van der Waals surface area contributed by atoms with Gasteiger partial charge in [-0.15, -0.1) is 0 Å². The van der Waals surface area contributed by atoms with Gasteiger partial charge in [-0.2, -0.15) is 0 Å². The molecule has 2 fully saturated rings. The molecule has 0 saturated carbocycles. The minimum absolute atomic E-state index is 0.0260. The number of piperidine rings is 1. The minimum atomic E-state index is -0.127. The second kappa shape index (κ2) is 10.6. The number of nitrogens with zero attached hydrogens (tertiary/aromatic N) is 3. The number of amides is 1. The van der Waals surface area contributed by atoms with E-state index < -0.39 is 0 Å². The molecule has 0 aromatic heterocycles. The molecule has 1 amide bonds. The van der Waals surface area contributed by atoms with E-state index >= 15 is 0 Å². The fourth-order valence-electron chi connectivity index (χ4n) is 4.30. The first-order valence-corrected chi connectivity index (χ1v) is 11.0. The summed E-state index contributed by atoms with van der Waals surface area (Å²) in [6.07, 6.45) is 1.65. The van der Waals surface area contributed by atoms with Gasteiger partial charge in [0.2, 0.25) is 0 Å². The van der Waals surface area contributed by atoms with Gasteiger partial charge < -0.3 is 24.6 Å². The van der Waals surface area contributed by atoms with Crippen LogP contribution in [0.15, 0.2) is 29.3 Å². The average Bonchev–Trinajstić information content (AvgIpc) is 2.78. The third-order valence-electron chi connectivity index (χ3n) is 5.90. The van der Waals surface area contributed by atoms with Crippen LogP contribution in [0.4, 0.5) is 0 Å². The van der Waals surface area contributed by atoms with Crippen LogP contribution in [0.25, 0.3) is 0 Å². The van der Waals surface area contributed by atoms with Crippen LogP contribution in [-0.4, -0.2) is 80.2 Å². The molecule has 8 heteroatoms. The average molecular weight is 431 g/mol. The molecule has 1 N–H and O–H groups in total. The largest absolute Gasteiger partial charge is 0.469 e. The number of morpholine rings is 1. The number of hydrogen-bond acceptors (Lipinski definition) is 5. The van der Waals surface area contributed by atoms with Gasteiger partial charge in [-0.25, -0.2) is 0 Å².